The zero-order valence-corrected chi connectivity index (χ0v) is 27.5. The highest BCUT2D eigenvalue weighted by molar-refractivity contribution is 5.85. The molecule has 1 aromatic carbocycles. The minimum absolute atomic E-state index is 0. The predicted octanol–water partition coefficient (Wildman–Crippen LogP) is 5.18. The van der Waals surface area contributed by atoms with Crippen molar-refractivity contribution in [1.82, 2.24) is 39.7 Å². The normalized spacial score (nSPS) is 14.0. The van der Waals surface area contributed by atoms with E-state index in [1.807, 2.05) is 24.0 Å². The number of aryl methyl sites for hydroxylation is 3. The first-order valence-electron chi connectivity index (χ1n) is 15.7. The van der Waals surface area contributed by atoms with E-state index < -0.39 is 0 Å². The van der Waals surface area contributed by atoms with Crippen molar-refractivity contribution in [2.45, 2.75) is 46.6 Å². The molecule has 5 rings (SSSR count). The molecule has 0 saturated carbocycles. The fourth-order valence-electron chi connectivity index (χ4n) is 5.67. The van der Waals surface area contributed by atoms with Gasteiger partial charge in [-0.2, -0.15) is 10.2 Å². The number of amides is 1. The number of benzene rings is 1. The average Bonchev–Trinajstić information content (AvgIpc) is 3.63. The van der Waals surface area contributed by atoms with E-state index >= 15 is 0 Å². The van der Waals surface area contributed by atoms with Crippen molar-refractivity contribution >= 4 is 23.2 Å². The molecule has 2 N–H and O–H groups in total. The van der Waals surface area contributed by atoms with Crippen molar-refractivity contribution in [2.24, 2.45) is 18.9 Å². The Labute approximate surface area is 267 Å². The highest BCUT2D eigenvalue weighted by Crippen LogP contribution is 2.40. The number of rotatable bonds is 13. The van der Waals surface area contributed by atoms with E-state index in [0.29, 0.717) is 30.2 Å². The van der Waals surface area contributed by atoms with Gasteiger partial charge in [0.05, 0.1) is 23.7 Å². The fraction of sp³-hybridized carbons (Fsp3) is 0.441. The van der Waals surface area contributed by atoms with Gasteiger partial charge in [-0.05, 0) is 41.4 Å². The number of methoxy groups -OCH3 is 1. The Bertz CT molecular complexity index is 1660. The number of hydrogen-bond donors (Lipinski definition) is 2. The predicted molar refractivity (Wildman–Crippen MR) is 180 cm³/mol. The lowest BCUT2D eigenvalue weighted by Crippen LogP contribution is -2.26. The van der Waals surface area contributed by atoms with Crippen molar-refractivity contribution in [1.29, 1.82) is 0 Å². The summed E-state index contributed by atoms with van der Waals surface area (Å²) >= 11 is 0. The molecule has 4 aromatic rings. The Morgan fingerprint density at radius 2 is 1.93 bits per heavy atom. The third kappa shape index (κ3) is 7.09. The zero-order chi connectivity index (χ0) is 32.1. The topological polar surface area (TPSA) is 115 Å². The van der Waals surface area contributed by atoms with Gasteiger partial charge in [0.15, 0.2) is 5.82 Å². The van der Waals surface area contributed by atoms with Gasteiger partial charge in [-0.25, -0.2) is 9.97 Å². The molecule has 0 aliphatic heterocycles. The van der Waals surface area contributed by atoms with Gasteiger partial charge in [0, 0.05) is 72.0 Å². The first-order valence-corrected chi connectivity index (χ1v) is 15.7. The minimum Gasteiger partial charge on any atom is -0.388 e. The van der Waals surface area contributed by atoms with Crippen LogP contribution in [0, 0.1) is 11.8 Å². The SMILES string of the molecule is CCC(C)C(C)/C(=C\NCCOC)c1ccc(-c2c3c(nn2C)CCc2cnc(Nc4ccn(CC(=O)N(C)C)n4)nc2-3)cc1.[HH]. The Morgan fingerprint density at radius 1 is 1.16 bits per heavy atom. The highest BCUT2D eigenvalue weighted by atomic mass is 16.5. The summed E-state index contributed by atoms with van der Waals surface area (Å²) in [7, 11) is 7.18. The molecule has 0 spiro atoms. The molecule has 2 unspecified atom stereocenters. The quantitative estimate of drug-likeness (QED) is 0.198. The number of carbonyl (C=O) groups is 1. The lowest BCUT2D eigenvalue weighted by molar-refractivity contribution is -0.129. The van der Waals surface area contributed by atoms with Crippen LogP contribution < -0.4 is 10.6 Å². The second-order valence-electron chi connectivity index (χ2n) is 12.0. The maximum absolute atomic E-state index is 12.1. The second kappa shape index (κ2) is 14.1. The van der Waals surface area contributed by atoms with Crippen LogP contribution in [-0.2, 0) is 36.0 Å². The summed E-state index contributed by atoms with van der Waals surface area (Å²) in [5, 5.41) is 16.0. The third-order valence-corrected chi connectivity index (χ3v) is 8.72. The van der Waals surface area contributed by atoms with E-state index in [2.05, 4.69) is 72.0 Å². The molecule has 1 amide bonds. The van der Waals surface area contributed by atoms with Gasteiger partial charge in [0.25, 0.3) is 0 Å². The number of nitrogens with one attached hydrogen (secondary N) is 2. The van der Waals surface area contributed by atoms with Gasteiger partial charge in [0.1, 0.15) is 6.54 Å². The number of ether oxygens (including phenoxy) is 1. The molecule has 45 heavy (non-hydrogen) atoms. The molecule has 0 saturated heterocycles. The van der Waals surface area contributed by atoms with Gasteiger partial charge >= 0.3 is 0 Å². The molecule has 2 atom stereocenters. The van der Waals surface area contributed by atoms with Crippen LogP contribution in [0.1, 0.15) is 45.4 Å². The smallest absolute Gasteiger partial charge is 0.243 e. The van der Waals surface area contributed by atoms with Crippen LogP contribution >= 0.6 is 0 Å². The lowest BCUT2D eigenvalue weighted by Gasteiger charge is -2.23. The van der Waals surface area contributed by atoms with Crippen LogP contribution in [0.5, 0.6) is 0 Å². The number of fused-ring (bicyclic) bond motifs is 3. The lowest BCUT2D eigenvalue weighted by atomic mass is 9.83. The summed E-state index contributed by atoms with van der Waals surface area (Å²) in [6.45, 7) is 8.45. The second-order valence-corrected chi connectivity index (χ2v) is 12.0. The van der Waals surface area contributed by atoms with Crippen LogP contribution in [0.4, 0.5) is 11.8 Å². The number of anilines is 2. The molecule has 3 aromatic heterocycles. The maximum Gasteiger partial charge on any atom is 0.243 e. The number of nitrogens with zero attached hydrogens (tertiary/aromatic N) is 7. The minimum atomic E-state index is -0.0321. The fourth-order valence-corrected chi connectivity index (χ4v) is 5.67. The van der Waals surface area contributed by atoms with Crippen LogP contribution in [0.25, 0.3) is 28.1 Å². The Balaban J connectivity index is 0.00000480. The van der Waals surface area contributed by atoms with Gasteiger partial charge < -0.3 is 20.3 Å². The van der Waals surface area contributed by atoms with Crippen LogP contribution in [0.2, 0.25) is 0 Å². The summed E-state index contributed by atoms with van der Waals surface area (Å²) in [6, 6.07) is 10.6. The Morgan fingerprint density at radius 3 is 2.64 bits per heavy atom. The molecule has 240 valence electrons. The van der Waals surface area contributed by atoms with Crippen LogP contribution in [-0.4, -0.2) is 74.7 Å². The van der Waals surface area contributed by atoms with Gasteiger partial charge in [-0.1, -0.05) is 51.5 Å². The van der Waals surface area contributed by atoms with Crippen LogP contribution in [0.3, 0.4) is 0 Å². The van der Waals surface area contributed by atoms with Gasteiger partial charge in [-0.3, -0.25) is 14.2 Å². The van der Waals surface area contributed by atoms with E-state index in [9.17, 15) is 4.79 Å². The molecule has 1 aliphatic carbocycles. The van der Waals surface area contributed by atoms with E-state index in [-0.39, 0.29) is 13.9 Å². The first-order chi connectivity index (χ1) is 21.7. The third-order valence-electron chi connectivity index (χ3n) is 8.72. The Hall–Kier alpha value is -4.51. The van der Waals surface area contributed by atoms with Crippen molar-refractivity contribution < 1.29 is 11.0 Å². The van der Waals surface area contributed by atoms with Crippen molar-refractivity contribution in [3.05, 3.63) is 65.7 Å². The number of carbonyl (C=O) groups excluding carboxylic acids is 1. The molecule has 0 bridgehead atoms. The number of aromatic nitrogens is 6. The molecular weight excluding hydrogens is 566 g/mol. The highest BCUT2D eigenvalue weighted by Gasteiger charge is 2.27. The maximum atomic E-state index is 12.1. The summed E-state index contributed by atoms with van der Waals surface area (Å²) in [5.41, 5.74) is 8.68. The number of likely N-dealkylation sites (N-methyl/N-ethyl adjacent to an activating group) is 1. The summed E-state index contributed by atoms with van der Waals surface area (Å²) in [5.74, 6) is 1.94. The monoisotopic (exact) mass is 613 g/mol. The summed E-state index contributed by atoms with van der Waals surface area (Å²) < 4.78 is 8.80. The molecule has 0 fully saturated rings. The van der Waals surface area contributed by atoms with Crippen molar-refractivity contribution in [3.8, 4) is 22.5 Å². The largest absolute Gasteiger partial charge is 0.388 e. The molecule has 3 heterocycles. The van der Waals surface area contributed by atoms with Crippen molar-refractivity contribution in [2.75, 3.05) is 39.7 Å². The molecule has 11 nitrogen and oxygen atoms in total. The van der Waals surface area contributed by atoms with Crippen LogP contribution in [0.15, 0.2) is 48.9 Å². The summed E-state index contributed by atoms with van der Waals surface area (Å²) in [6.07, 6.45) is 8.60. The molecule has 11 heteroatoms. The standard InChI is InChI=1S/C34H45N9O2.H2/c1-8-22(2)23(3)27(20-35-16-18-45-7)24-9-11-25(12-10-24)33-31-28(39-42(33)6)14-13-26-19-36-34(38-32(26)31)37-29-15-17-43(40-29)21-30(44)41(4)5;/h9-12,15,17,19-20,22-23,35H,8,13-14,16,18,21H2,1-7H3,(H,36,37,38,40);1H/b27-20+;. The zero-order valence-electron chi connectivity index (χ0n) is 27.5. The first kappa shape index (κ1) is 31.9. The van der Waals surface area contributed by atoms with Gasteiger partial charge in [0.2, 0.25) is 11.9 Å². The molecular formula is C34H47N9O2. The average molecular weight is 614 g/mol. The molecule has 1 aliphatic rings. The molecule has 0 radical (unpaired) electrons. The van der Waals surface area contributed by atoms with Crippen molar-refractivity contribution in [3.63, 3.8) is 0 Å². The van der Waals surface area contributed by atoms with E-state index in [1.165, 1.54) is 11.1 Å². The van der Waals surface area contributed by atoms with E-state index in [0.717, 1.165) is 59.6 Å². The van der Waals surface area contributed by atoms with E-state index in [4.69, 9.17) is 14.8 Å². The Kier molecular flexibility index (Phi) is 9.97. The van der Waals surface area contributed by atoms with E-state index in [1.54, 1.807) is 37.0 Å². The number of hydrogen-bond acceptors (Lipinski definition) is 8. The van der Waals surface area contributed by atoms with Gasteiger partial charge in [-0.15, -0.1) is 0 Å². The number of allylic oxidation sites excluding steroid dienone is 1. The summed E-state index contributed by atoms with van der Waals surface area (Å²) in [4.78, 5) is 23.2.